The van der Waals surface area contributed by atoms with Crippen molar-refractivity contribution in [3.8, 4) is 22.5 Å². The molecule has 0 saturated carbocycles. The van der Waals surface area contributed by atoms with E-state index in [2.05, 4.69) is 0 Å². The molecule has 4 nitrogen and oxygen atoms in total. The van der Waals surface area contributed by atoms with Crippen LogP contribution in [-0.4, -0.2) is 10.9 Å². The Morgan fingerprint density at radius 3 is 2.12 bits per heavy atom. The standard InChI is InChI=1S/C20H15N3OS/c21-17-16-15(25-19(17)20(22)24)11-14(12-7-3-1-4-8-12)23-18(16)13-9-5-2-6-10-13/h1-11H,21H2,(H2,22,24). The number of pyridine rings is 1. The molecule has 2 aromatic heterocycles. The molecule has 0 radical (unpaired) electrons. The van der Waals surface area contributed by atoms with E-state index >= 15 is 0 Å². The average molecular weight is 345 g/mol. The highest BCUT2D eigenvalue weighted by atomic mass is 32.1. The van der Waals surface area contributed by atoms with E-state index in [0.29, 0.717) is 10.6 Å². The molecule has 0 saturated heterocycles. The molecule has 0 aliphatic heterocycles. The Bertz CT molecular complexity index is 1070. The molecule has 4 aromatic rings. The number of primary amides is 1. The minimum Gasteiger partial charge on any atom is -0.397 e. The average Bonchev–Trinajstić information content (AvgIpc) is 2.99. The van der Waals surface area contributed by atoms with Crippen molar-refractivity contribution in [3.63, 3.8) is 0 Å². The Morgan fingerprint density at radius 2 is 1.52 bits per heavy atom. The summed E-state index contributed by atoms with van der Waals surface area (Å²) in [7, 11) is 0. The largest absolute Gasteiger partial charge is 0.397 e. The quantitative estimate of drug-likeness (QED) is 0.580. The summed E-state index contributed by atoms with van der Waals surface area (Å²) < 4.78 is 0.902. The number of thiophene rings is 1. The summed E-state index contributed by atoms with van der Waals surface area (Å²) in [5.74, 6) is -0.515. The second-order valence-electron chi connectivity index (χ2n) is 5.67. The van der Waals surface area contributed by atoms with Gasteiger partial charge in [-0.2, -0.15) is 0 Å². The van der Waals surface area contributed by atoms with Gasteiger partial charge in [0.2, 0.25) is 0 Å². The first-order valence-electron chi connectivity index (χ1n) is 7.79. The number of aromatic nitrogens is 1. The van der Waals surface area contributed by atoms with E-state index in [1.165, 1.54) is 11.3 Å². The minimum atomic E-state index is -0.515. The molecule has 5 heteroatoms. The van der Waals surface area contributed by atoms with Crippen LogP contribution in [0.15, 0.2) is 66.7 Å². The first-order chi connectivity index (χ1) is 12.1. The van der Waals surface area contributed by atoms with Gasteiger partial charge in [-0.1, -0.05) is 60.7 Å². The highest BCUT2D eigenvalue weighted by molar-refractivity contribution is 7.21. The van der Waals surface area contributed by atoms with Gasteiger partial charge < -0.3 is 11.5 Å². The lowest BCUT2D eigenvalue weighted by atomic mass is 10.0. The van der Waals surface area contributed by atoms with Crippen LogP contribution in [0.25, 0.3) is 32.6 Å². The summed E-state index contributed by atoms with van der Waals surface area (Å²) in [4.78, 5) is 17.0. The lowest BCUT2D eigenvalue weighted by Crippen LogP contribution is -2.10. The van der Waals surface area contributed by atoms with Crippen molar-refractivity contribution in [2.45, 2.75) is 0 Å². The van der Waals surface area contributed by atoms with Crippen LogP contribution in [0.2, 0.25) is 0 Å². The molecule has 0 unspecified atom stereocenters. The monoisotopic (exact) mass is 345 g/mol. The van der Waals surface area contributed by atoms with Crippen LogP contribution in [0.5, 0.6) is 0 Å². The zero-order chi connectivity index (χ0) is 17.4. The molecule has 0 aliphatic rings. The SMILES string of the molecule is NC(=O)c1sc2cc(-c3ccccc3)nc(-c3ccccc3)c2c1N. The summed E-state index contributed by atoms with van der Waals surface area (Å²) in [6.45, 7) is 0. The van der Waals surface area contributed by atoms with Crippen molar-refractivity contribution in [1.82, 2.24) is 4.98 Å². The molecule has 2 aromatic carbocycles. The molecule has 2 heterocycles. The number of rotatable bonds is 3. The highest BCUT2D eigenvalue weighted by Crippen LogP contribution is 2.40. The van der Waals surface area contributed by atoms with E-state index in [-0.39, 0.29) is 0 Å². The lowest BCUT2D eigenvalue weighted by molar-refractivity contribution is 0.100. The Balaban J connectivity index is 2.07. The number of benzene rings is 2. The number of anilines is 1. The number of nitrogens with zero attached hydrogens (tertiary/aromatic N) is 1. The molecular formula is C20H15N3OS. The van der Waals surface area contributed by atoms with Crippen molar-refractivity contribution >= 4 is 33.0 Å². The number of amides is 1. The van der Waals surface area contributed by atoms with Crippen molar-refractivity contribution in [2.24, 2.45) is 5.73 Å². The molecule has 0 bridgehead atoms. The third-order valence-electron chi connectivity index (χ3n) is 4.05. The van der Waals surface area contributed by atoms with Gasteiger partial charge in [0.05, 0.1) is 17.1 Å². The van der Waals surface area contributed by atoms with Gasteiger partial charge in [0.15, 0.2) is 0 Å². The second-order valence-corrected chi connectivity index (χ2v) is 6.72. The molecule has 4 rings (SSSR count). The molecule has 0 atom stereocenters. The molecule has 25 heavy (non-hydrogen) atoms. The predicted molar refractivity (Wildman–Crippen MR) is 103 cm³/mol. The summed E-state index contributed by atoms with van der Waals surface area (Å²) in [5.41, 5.74) is 15.7. The molecular weight excluding hydrogens is 330 g/mol. The molecule has 0 spiro atoms. The summed E-state index contributed by atoms with van der Waals surface area (Å²) in [6.07, 6.45) is 0. The van der Waals surface area contributed by atoms with Gasteiger partial charge in [-0.15, -0.1) is 11.3 Å². The molecule has 0 fully saturated rings. The highest BCUT2D eigenvalue weighted by Gasteiger charge is 2.19. The van der Waals surface area contributed by atoms with Crippen molar-refractivity contribution in [2.75, 3.05) is 5.73 Å². The van der Waals surface area contributed by atoms with E-state index in [0.717, 1.165) is 32.6 Å². The number of hydrogen-bond acceptors (Lipinski definition) is 4. The van der Waals surface area contributed by atoms with Gasteiger partial charge in [0, 0.05) is 21.2 Å². The van der Waals surface area contributed by atoms with Gasteiger partial charge in [0.25, 0.3) is 5.91 Å². The van der Waals surface area contributed by atoms with Crippen LogP contribution < -0.4 is 11.5 Å². The summed E-state index contributed by atoms with van der Waals surface area (Å²) in [5, 5.41) is 0.782. The Hall–Kier alpha value is -3.18. The Morgan fingerprint density at radius 1 is 0.920 bits per heavy atom. The van der Waals surface area contributed by atoms with Gasteiger partial charge in [-0.25, -0.2) is 4.98 Å². The van der Waals surface area contributed by atoms with E-state index in [1.54, 1.807) is 0 Å². The summed E-state index contributed by atoms with van der Waals surface area (Å²) in [6, 6.07) is 21.7. The number of hydrogen-bond donors (Lipinski definition) is 2. The first kappa shape index (κ1) is 15.4. The van der Waals surface area contributed by atoms with Crippen LogP contribution in [-0.2, 0) is 0 Å². The number of nitrogen functional groups attached to an aromatic ring is 1. The van der Waals surface area contributed by atoms with Crippen LogP contribution in [0.1, 0.15) is 9.67 Å². The van der Waals surface area contributed by atoms with Crippen molar-refractivity contribution < 1.29 is 4.79 Å². The minimum absolute atomic E-state index is 0.374. The molecule has 0 aliphatic carbocycles. The second kappa shape index (κ2) is 6.03. The van der Waals surface area contributed by atoms with Gasteiger partial charge in [-0.05, 0) is 6.07 Å². The predicted octanol–water partition coefficient (Wildman–Crippen LogP) is 4.31. The zero-order valence-corrected chi connectivity index (χ0v) is 14.1. The Kier molecular flexibility index (Phi) is 3.71. The van der Waals surface area contributed by atoms with Crippen molar-refractivity contribution in [3.05, 3.63) is 71.6 Å². The third kappa shape index (κ3) is 2.64. The lowest BCUT2D eigenvalue weighted by Gasteiger charge is -2.08. The zero-order valence-electron chi connectivity index (χ0n) is 13.3. The van der Waals surface area contributed by atoms with Gasteiger partial charge >= 0.3 is 0 Å². The molecule has 4 N–H and O–H groups in total. The van der Waals surface area contributed by atoms with Crippen molar-refractivity contribution in [1.29, 1.82) is 0 Å². The molecule has 1 amide bonds. The van der Waals surface area contributed by atoms with Gasteiger partial charge in [0.1, 0.15) is 4.88 Å². The fourth-order valence-electron chi connectivity index (χ4n) is 2.89. The number of nitrogens with two attached hydrogens (primary N) is 2. The van der Waals surface area contributed by atoms with Crippen LogP contribution in [0.4, 0.5) is 5.69 Å². The van der Waals surface area contributed by atoms with E-state index in [1.807, 2.05) is 66.7 Å². The fourth-order valence-corrected chi connectivity index (χ4v) is 3.90. The van der Waals surface area contributed by atoms with E-state index in [4.69, 9.17) is 16.5 Å². The Labute approximate surface area is 148 Å². The number of carbonyl (C=O) groups is 1. The maximum Gasteiger partial charge on any atom is 0.260 e. The van der Waals surface area contributed by atoms with Crippen LogP contribution in [0.3, 0.4) is 0 Å². The smallest absolute Gasteiger partial charge is 0.260 e. The fraction of sp³-hybridized carbons (Fsp3) is 0. The van der Waals surface area contributed by atoms with Crippen LogP contribution in [0, 0.1) is 0 Å². The number of carbonyl (C=O) groups excluding carboxylic acids is 1. The van der Waals surface area contributed by atoms with E-state index in [9.17, 15) is 4.79 Å². The maximum absolute atomic E-state index is 11.7. The maximum atomic E-state index is 11.7. The first-order valence-corrected chi connectivity index (χ1v) is 8.60. The third-order valence-corrected chi connectivity index (χ3v) is 5.22. The van der Waals surface area contributed by atoms with E-state index < -0.39 is 5.91 Å². The van der Waals surface area contributed by atoms with Gasteiger partial charge in [-0.3, -0.25) is 4.79 Å². The summed E-state index contributed by atoms with van der Waals surface area (Å²) >= 11 is 1.31. The normalized spacial score (nSPS) is 10.9. The molecule has 122 valence electrons. The topological polar surface area (TPSA) is 82.0 Å². The number of fused-ring (bicyclic) bond motifs is 1. The van der Waals surface area contributed by atoms with Crippen LogP contribution >= 0.6 is 11.3 Å².